The topological polar surface area (TPSA) is 72.5 Å². The molecule has 3 N–H and O–H groups in total. The van der Waals surface area contributed by atoms with E-state index in [9.17, 15) is 13.2 Å². The van der Waals surface area contributed by atoms with Crippen LogP contribution in [0.4, 0.5) is 18.9 Å². The number of alkyl halides is 3. The molecule has 0 amide bonds. The molecular weight excluding hydrogens is 472 g/mol. The van der Waals surface area contributed by atoms with Crippen molar-refractivity contribution in [2.75, 3.05) is 11.9 Å². The fourth-order valence-electron chi connectivity index (χ4n) is 2.83. The van der Waals surface area contributed by atoms with E-state index in [0.29, 0.717) is 5.56 Å². The van der Waals surface area contributed by atoms with Crippen molar-refractivity contribution in [2.45, 2.75) is 32.0 Å². The number of pyridine rings is 1. The summed E-state index contributed by atoms with van der Waals surface area (Å²) in [5.74, 6) is 0.0764. The van der Waals surface area contributed by atoms with E-state index in [2.05, 4.69) is 21.4 Å². The maximum atomic E-state index is 12.3. The van der Waals surface area contributed by atoms with Crippen molar-refractivity contribution >= 4 is 35.6 Å². The third-order valence-corrected chi connectivity index (χ3v) is 4.01. The third kappa shape index (κ3) is 6.26. The van der Waals surface area contributed by atoms with Crippen molar-refractivity contribution in [3.8, 4) is 5.88 Å². The SMILES string of the molecule is I.NC(=NCc1cccnc1OCC(F)(F)F)Nc1ccc2c(c1)CCC2. The van der Waals surface area contributed by atoms with Crippen LogP contribution in [0.5, 0.6) is 5.88 Å². The second kappa shape index (κ2) is 9.25. The lowest BCUT2D eigenvalue weighted by atomic mass is 10.1. The number of fused-ring (bicyclic) bond motifs is 1. The smallest absolute Gasteiger partial charge is 0.422 e. The maximum Gasteiger partial charge on any atom is 0.422 e. The molecular formula is C18H20F3IN4O. The highest BCUT2D eigenvalue weighted by atomic mass is 127. The molecule has 9 heteroatoms. The van der Waals surface area contributed by atoms with Gasteiger partial charge in [-0.15, -0.1) is 24.0 Å². The van der Waals surface area contributed by atoms with Crippen LogP contribution in [0.15, 0.2) is 41.5 Å². The van der Waals surface area contributed by atoms with Crippen LogP contribution in [0.3, 0.4) is 0 Å². The maximum absolute atomic E-state index is 12.3. The molecule has 0 bridgehead atoms. The number of aromatic nitrogens is 1. The van der Waals surface area contributed by atoms with E-state index in [0.717, 1.165) is 24.9 Å². The average molecular weight is 492 g/mol. The van der Waals surface area contributed by atoms with Gasteiger partial charge in [0, 0.05) is 17.4 Å². The van der Waals surface area contributed by atoms with Gasteiger partial charge in [-0.1, -0.05) is 12.1 Å². The van der Waals surface area contributed by atoms with Crippen LogP contribution in [-0.4, -0.2) is 23.7 Å². The molecule has 0 radical (unpaired) electrons. The molecule has 3 rings (SSSR count). The van der Waals surface area contributed by atoms with Crippen LogP contribution < -0.4 is 15.8 Å². The summed E-state index contributed by atoms with van der Waals surface area (Å²) in [7, 11) is 0. The van der Waals surface area contributed by atoms with Crippen LogP contribution in [0.25, 0.3) is 0 Å². The first-order valence-corrected chi connectivity index (χ1v) is 8.23. The van der Waals surface area contributed by atoms with Gasteiger partial charge in [-0.05, 0) is 48.6 Å². The van der Waals surface area contributed by atoms with E-state index in [1.54, 1.807) is 12.1 Å². The lowest BCUT2D eigenvalue weighted by Crippen LogP contribution is -2.23. The quantitative estimate of drug-likeness (QED) is 0.376. The van der Waals surface area contributed by atoms with Gasteiger partial charge in [0.25, 0.3) is 0 Å². The van der Waals surface area contributed by atoms with Gasteiger partial charge >= 0.3 is 6.18 Å². The first-order valence-electron chi connectivity index (χ1n) is 8.23. The number of nitrogens with zero attached hydrogens (tertiary/aromatic N) is 2. The van der Waals surface area contributed by atoms with Crippen LogP contribution in [-0.2, 0) is 19.4 Å². The number of nitrogens with one attached hydrogen (secondary N) is 1. The molecule has 1 heterocycles. The van der Waals surface area contributed by atoms with Crippen LogP contribution in [0.1, 0.15) is 23.1 Å². The number of hydrogen-bond acceptors (Lipinski definition) is 3. The number of nitrogens with two attached hydrogens (primary N) is 1. The van der Waals surface area contributed by atoms with Gasteiger partial charge in [0.2, 0.25) is 5.88 Å². The molecule has 1 aromatic carbocycles. The molecule has 0 fully saturated rings. The second-order valence-corrected chi connectivity index (χ2v) is 6.04. The van der Waals surface area contributed by atoms with E-state index in [4.69, 9.17) is 10.5 Å². The van der Waals surface area contributed by atoms with Gasteiger partial charge in [0.15, 0.2) is 12.6 Å². The molecule has 1 aromatic heterocycles. The Balaban J connectivity index is 0.00000261. The Hall–Kier alpha value is -2.04. The lowest BCUT2D eigenvalue weighted by Gasteiger charge is -2.11. The van der Waals surface area contributed by atoms with Gasteiger partial charge in [0.05, 0.1) is 6.54 Å². The average Bonchev–Trinajstić information content (AvgIpc) is 3.06. The van der Waals surface area contributed by atoms with Crippen molar-refractivity contribution in [3.63, 3.8) is 0 Å². The summed E-state index contributed by atoms with van der Waals surface area (Å²) < 4.78 is 41.7. The number of aryl methyl sites for hydroxylation is 2. The number of ether oxygens (including phenoxy) is 1. The molecule has 146 valence electrons. The molecule has 0 atom stereocenters. The Morgan fingerprint density at radius 2 is 2.00 bits per heavy atom. The Kier molecular flexibility index (Phi) is 7.28. The Bertz CT molecular complexity index is 811. The first-order chi connectivity index (χ1) is 12.4. The van der Waals surface area contributed by atoms with E-state index in [-0.39, 0.29) is 42.4 Å². The minimum atomic E-state index is -4.42. The second-order valence-electron chi connectivity index (χ2n) is 6.04. The minimum absolute atomic E-state index is 0. The van der Waals surface area contributed by atoms with Crippen molar-refractivity contribution in [1.29, 1.82) is 0 Å². The summed E-state index contributed by atoms with van der Waals surface area (Å²) in [6.45, 7) is -1.34. The fraction of sp³-hybridized carbons (Fsp3) is 0.333. The first kappa shape index (κ1) is 21.3. The van der Waals surface area contributed by atoms with Crippen LogP contribution >= 0.6 is 24.0 Å². The van der Waals surface area contributed by atoms with Crippen molar-refractivity contribution in [1.82, 2.24) is 4.98 Å². The van der Waals surface area contributed by atoms with Gasteiger partial charge in [0.1, 0.15) is 0 Å². The number of halogens is 4. The number of hydrogen-bond donors (Lipinski definition) is 2. The monoisotopic (exact) mass is 492 g/mol. The van der Waals surface area contributed by atoms with E-state index in [1.807, 2.05) is 12.1 Å². The molecule has 0 saturated carbocycles. The van der Waals surface area contributed by atoms with E-state index >= 15 is 0 Å². The number of aliphatic imine (C=N–C) groups is 1. The summed E-state index contributed by atoms with van der Waals surface area (Å²) in [5.41, 5.74) is 9.81. The molecule has 1 aliphatic carbocycles. The third-order valence-electron chi connectivity index (χ3n) is 4.01. The summed E-state index contributed by atoms with van der Waals surface area (Å²) >= 11 is 0. The van der Waals surface area contributed by atoms with Gasteiger partial charge in [-0.25, -0.2) is 9.98 Å². The Morgan fingerprint density at radius 1 is 1.22 bits per heavy atom. The normalized spacial score (nSPS) is 13.7. The molecule has 0 unspecified atom stereocenters. The van der Waals surface area contributed by atoms with Gasteiger partial charge in [-0.2, -0.15) is 13.2 Å². The molecule has 0 aliphatic heterocycles. The van der Waals surface area contributed by atoms with Crippen molar-refractivity contribution in [3.05, 3.63) is 53.2 Å². The number of guanidine groups is 1. The summed E-state index contributed by atoms with van der Waals surface area (Å²) in [6, 6.07) is 9.27. The number of anilines is 1. The highest BCUT2D eigenvalue weighted by molar-refractivity contribution is 14.0. The summed E-state index contributed by atoms with van der Waals surface area (Å²) in [5, 5.41) is 3.00. The number of benzene rings is 1. The fourth-order valence-corrected chi connectivity index (χ4v) is 2.83. The lowest BCUT2D eigenvalue weighted by molar-refractivity contribution is -0.154. The zero-order chi connectivity index (χ0) is 18.6. The minimum Gasteiger partial charge on any atom is -0.468 e. The van der Waals surface area contributed by atoms with Crippen molar-refractivity contribution in [2.24, 2.45) is 10.7 Å². The van der Waals surface area contributed by atoms with Crippen LogP contribution in [0.2, 0.25) is 0 Å². The summed E-state index contributed by atoms with van der Waals surface area (Å²) in [6.07, 6.45) is 0.250. The standard InChI is InChI=1S/C18H19F3N4O.HI/c19-18(20,21)11-26-16-14(5-2-8-23-16)10-24-17(22)25-15-7-6-12-3-1-4-13(12)9-15;/h2,5-9H,1,3-4,10-11H2,(H3,22,24,25);1H. The van der Waals surface area contributed by atoms with Gasteiger partial charge in [-0.3, -0.25) is 0 Å². The Labute approximate surface area is 172 Å². The van der Waals surface area contributed by atoms with Gasteiger partial charge < -0.3 is 15.8 Å². The molecule has 1 aliphatic rings. The largest absolute Gasteiger partial charge is 0.468 e. The zero-order valence-electron chi connectivity index (χ0n) is 14.4. The molecule has 0 saturated heterocycles. The molecule has 2 aromatic rings. The Morgan fingerprint density at radius 3 is 2.78 bits per heavy atom. The predicted octanol–water partition coefficient (Wildman–Crippen LogP) is 4.06. The molecule has 27 heavy (non-hydrogen) atoms. The van der Waals surface area contributed by atoms with Crippen molar-refractivity contribution < 1.29 is 17.9 Å². The summed E-state index contributed by atoms with van der Waals surface area (Å²) in [4.78, 5) is 8.00. The predicted molar refractivity (Wildman–Crippen MR) is 109 cm³/mol. The molecule has 0 spiro atoms. The van der Waals surface area contributed by atoms with E-state index in [1.165, 1.54) is 17.3 Å². The number of rotatable bonds is 5. The molecule has 5 nitrogen and oxygen atoms in total. The van der Waals surface area contributed by atoms with Crippen LogP contribution in [0, 0.1) is 0 Å². The zero-order valence-corrected chi connectivity index (χ0v) is 16.8. The highest BCUT2D eigenvalue weighted by Gasteiger charge is 2.29. The highest BCUT2D eigenvalue weighted by Crippen LogP contribution is 2.25. The van der Waals surface area contributed by atoms with E-state index < -0.39 is 12.8 Å².